The SMILES string of the molecule is CN(/C=N/S(=O)(=O)N1CCCCCC1)N1CC(c2ccccc2)C(c2ccc(Cl)cc2)=N1. The predicted octanol–water partition coefficient (Wildman–Crippen LogP) is 4.14. The molecule has 0 spiro atoms. The van der Waals surface area contributed by atoms with Crippen molar-refractivity contribution >= 4 is 33.9 Å². The molecule has 0 radical (unpaired) electrons. The Morgan fingerprint density at radius 2 is 1.69 bits per heavy atom. The highest BCUT2D eigenvalue weighted by Gasteiger charge is 2.31. The molecule has 2 aromatic carbocycles. The summed E-state index contributed by atoms with van der Waals surface area (Å²) in [7, 11) is -1.93. The van der Waals surface area contributed by atoms with Gasteiger partial charge in [-0.3, -0.25) is 5.01 Å². The van der Waals surface area contributed by atoms with Gasteiger partial charge in [0.1, 0.15) is 6.34 Å². The molecule has 170 valence electrons. The van der Waals surface area contributed by atoms with Gasteiger partial charge in [0.2, 0.25) is 0 Å². The van der Waals surface area contributed by atoms with Crippen LogP contribution in [-0.2, 0) is 10.2 Å². The number of nitrogens with zero attached hydrogens (tertiary/aromatic N) is 5. The molecule has 1 fully saturated rings. The molecule has 0 amide bonds. The van der Waals surface area contributed by atoms with E-state index < -0.39 is 10.2 Å². The molecule has 9 heteroatoms. The monoisotopic (exact) mass is 473 g/mol. The number of hydrazine groups is 1. The highest BCUT2D eigenvalue weighted by Crippen LogP contribution is 2.29. The van der Waals surface area contributed by atoms with Crippen LogP contribution in [0, 0.1) is 0 Å². The molecule has 32 heavy (non-hydrogen) atoms. The fourth-order valence-electron chi connectivity index (χ4n) is 4.04. The van der Waals surface area contributed by atoms with Gasteiger partial charge in [-0.05, 0) is 36.1 Å². The van der Waals surface area contributed by atoms with Crippen LogP contribution in [0.5, 0.6) is 0 Å². The molecule has 2 aliphatic rings. The quantitative estimate of drug-likeness (QED) is 0.467. The Hall–Kier alpha value is -2.42. The second-order valence-electron chi connectivity index (χ2n) is 8.10. The van der Waals surface area contributed by atoms with E-state index in [2.05, 4.69) is 16.5 Å². The standard InChI is InChI=1S/C23H28ClN5O2S/c1-27(18-25-32(30,31)28-15-7-2-3-8-16-28)29-17-22(19-9-5-4-6-10-19)23(26-29)20-11-13-21(24)14-12-20/h4-6,9-14,18,22H,2-3,7-8,15-17H2,1H3/b25-18+. The normalized spacial score (nSPS) is 20.4. The van der Waals surface area contributed by atoms with Crippen LogP contribution in [-0.4, -0.2) is 61.6 Å². The van der Waals surface area contributed by atoms with Crippen molar-refractivity contribution in [3.8, 4) is 0 Å². The van der Waals surface area contributed by atoms with Crippen molar-refractivity contribution in [1.29, 1.82) is 0 Å². The Morgan fingerprint density at radius 1 is 1.03 bits per heavy atom. The van der Waals surface area contributed by atoms with E-state index in [0.717, 1.165) is 42.5 Å². The zero-order chi connectivity index (χ0) is 22.6. The summed E-state index contributed by atoms with van der Waals surface area (Å²) in [4.78, 5) is 0. The maximum atomic E-state index is 12.7. The molecule has 0 bridgehead atoms. The molecule has 1 atom stereocenters. The lowest BCUT2D eigenvalue weighted by atomic mass is 9.91. The average Bonchev–Trinajstić information content (AvgIpc) is 3.05. The summed E-state index contributed by atoms with van der Waals surface area (Å²) >= 11 is 6.07. The Kier molecular flexibility index (Phi) is 7.13. The molecule has 0 N–H and O–H groups in total. The largest absolute Gasteiger partial charge is 0.323 e. The summed E-state index contributed by atoms with van der Waals surface area (Å²) in [6.45, 7) is 1.64. The van der Waals surface area contributed by atoms with Gasteiger partial charge in [0.05, 0.1) is 18.2 Å². The minimum absolute atomic E-state index is 0.0374. The Bertz CT molecular complexity index is 1070. The minimum atomic E-state index is -3.70. The number of halogens is 1. The van der Waals surface area contributed by atoms with Crippen molar-refractivity contribution in [2.75, 3.05) is 26.7 Å². The first-order valence-electron chi connectivity index (χ1n) is 10.9. The predicted molar refractivity (Wildman–Crippen MR) is 129 cm³/mol. The van der Waals surface area contributed by atoms with Gasteiger partial charge in [-0.25, -0.2) is 5.12 Å². The van der Waals surface area contributed by atoms with E-state index in [1.54, 1.807) is 17.2 Å². The van der Waals surface area contributed by atoms with E-state index >= 15 is 0 Å². The number of hydrazone groups is 1. The van der Waals surface area contributed by atoms with Crippen LogP contribution in [0.3, 0.4) is 0 Å². The van der Waals surface area contributed by atoms with Gasteiger partial charge in [0.25, 0.3) is 0 Å². The third-order valence-electron chi connectivity index (χ3n) is 5.84. The van der Waals surface area contributed by atoms with E-state index in [4.69, 9.17) is 16.7 Å². The fourth-order valence-corrected chi connectivity index (χ4v) is 5.27. The summed E-state index contributed by atoms with van der Waals surface area (Å²) in [5.41, 5.74) is 3.03. The summed E-state index contributed by atoms with van der Waals surface area (Å²) < 4.78 is 30.8. The lowest BCUT2D eigenvalue weighted by Crippen LogP contribution is -2.36. The third-order valence-corrected chi connectivity index (χ3v) is 7.47. The smallest absolute Gasteiger partial charge is 0.261 e. The van der Waals surface area contributed by atoms with Crippen LogP contribution in [0.1, 0.15) is 42.7 Å². The molecule has 2 aromatic rings. The third kappa shape index (κ3) is 5.31. The number of benzene rings is 2. The zero-order valence-corrected chi connectivity index (χ0v) is 19.7. The molecular formula is C23H28ClN5O2S. The zero-order valence-electron chi connectivity index (χ0n) is 18.1. The molecule has 2 aliphatic heterocycles. The van der Waals surface area contributed by atoms with Crippen molar-refractivity contribution in [2.24, 2.45) is 9.50 Å². The van der Waals surface area contributed by atoms with Gasteiger partial charge in [0, 0.05) is 25.2 Å². The number of hydrogen-bond donors (Lipinski definition) is 0. The van der Waals surface area contributed by atoms with E-state index in [1.165, 1.54) is 10.6 Å². The van der Waals surface area contributed by atoms with E-state index in [0.29, 0.717) is 24.7 Å². The van der Waals surface area contributed by atoms with Crippen molar-refractivity contribution < 1.29 is 8.42 Å². The van der Waals surface area contributed by atoms with Gasteiger partial charge < -0.3 is 0 Å². The van der Waals surface area contributed by atoms with Gasteiger partial charge in [-0.1, -0.05) is 66.9 Å². The maximum Gasteiger partial charge on any atom is 0.323 e. The Balaban J connectivity index is 1.56. The molecule has 1 unspecified atom stereocenters. The highest BCUT2D eigenvalue weighted by molar-refractivity contribution is 7.87. The first-order valence-corrected chi connectivity index (χ1v) is 12.7. The lowest BCUT2D eigenvalue weighted by molar-refractivity contribution is 0.0919. The second kappa shape index (κ2) is 10.0. The summed E-state index contributed by atoms with van der Waals surface area (Å²) in [6.07, 6.45) is 5.23. The number of hydrogen-bond acceptors (Lipinski definition) is 4. The van der Waals surface area contributed by atoms with Crippen LogP contribution in [0.15, 0.2) is 64.1 Å². The van der Waals surface area contributed by atoms with Crippen molar-refractivity contribution in [1.82, 2.24) is 14.4 Å². The lowest BCUT2D eigenvalue weighted by Gasteiger charge is -2.25. The van der Waals surface area contributed by atoms with Gasteiger partial charge in [0.15, 0.2) is 0 Å². The molecule has 4 rings (SSSR count). The first kappa shape index (κ1) is 22.8. The molecular weight excluding hydrogens is 446 g/mol. The van der Waals surface area contributed by atoms with Crippen LogP contribution in [0.25, 0.3) is 0 Å². The molecule has 0 aromatic heterocycles. The molecule has 0 saturated carbocycles. The van der Waals surface area contributed by atoms with E-state index in [1.807, 2.05) is 42.5 Å². The van der Waals surface area contributed by atoms with E-state index in [9.17, 15) is 8.42 Å². The van der Waals surface area contributed by atoms with Crippen LogP contribution >= 0.6 is 11.6 Å². The van der Waals surface area contributed by atoms with Gasteiger partial charge in [-0.15, -0.1) is 4.40 Å². The van der Waals surface area contributed by atoms with Gasteiger partial charge in [-0.2, -0.15) is 17.8 Å². The second-order valence-corrected chi connectivity index (χ2v) is 10.2. The Labute approximate surface area is 195 Å². The average molecular weight is 474 g/mol. The summed E-state index contributed by atoms with van der Waals surface area (Å²) in [5, 5.41) is 8.86. The minimum Gasteiger partial charge on any atom is -0.261 e. The first-order chi connectivity index (χ1) is 15.4. The van der Waals surface area contributed by atoms with Crippen LogP contribution < -0.4 is 0 Å². The van der Waals surface area contributed by atoms with Crippen LogP contribution in [0.4, 0.5) is 0 Å². The van der Waals surface area contributed by atoms with Crippen molar-refractivity contribution in [3.63, 3.8) is 0 Å². The molecule has 1 saturated heterocycles. The molecule has 7 nitrogen and oxygen atoms in total. The highest BCUT2D eigenvalue weighted by atomic mass is 35.5. The fraction of sp³-hybridized carbons (Fsp3) is 0.391. The van der Waals surface area contributed by atoms with E-state index in [-0.39, 0.29) is 5.92 Å². The maximum absolute atomic E-state index is 12.7. The Morgan fingerprint density at radius 3 is 2.34 bits per heavy atom. The summed E-state index contributed by atoms with van der Waals surface area (Å²) in [6, 6.07) is 17.8. The molecule has 0 aliphatic carbocycles. The summed E-state index contributed by atoms with van der Waals surface area (Å²) in [5.74, 6) is 0.0374. The van der Waals surface area contributed by atoms with Crippen molar-refractivity contribution in [2.45, 2.75) is 31.6 Å². The van der Waals surface area contributed by atoms with Crippen LogP contribution in [0.2, 0.25) is 5.02 Å². The number of rotatable bonds is 6. The topological polar surface area (TPSA) is 68.6 Å². The molecule has 2 heterocycles. The van der Waals surface area contributed by atoms with Gasteiger partial charge >= 0.3 is 10.2 Å². The van der Waals surface area contributed by atoms with Crippen molar-refractivity contribution in [3.05, 3.63) is 70.7 Å².